The highest BCUT2D eigenvalue weighted by Crippen LogP contribution is 2.35. The van der Waals surface area contributed by atoms with Crippen LogP contribution in [-0.2, 0) is 16.1 Å². The molecule has 0 atom stereocenters. The van der Waals surface area contributed by atoms with Crippen molar-refractivity contribution in [3.05, 3.63) is 56.5 Å². The Kier molecular flexibility index (Phi) is 9.80. The van der Waals surface area contributed by atoms with Gasteiger partial charge in [-0.3, -0.25) is 14.4 Å². The highest BCUT2D eigenvalue weighted by molar-refractivity contribution is 6.02. The number of anilines is 2. The second-order valence-corrected chi connectivity index (χ2v) is 10.7. The zero-order valence-electron chi connectivity index (χ0n) is 23.8. The summed E-state index contributed by atoms with van der Waals surface area (Å²) in [6.07, 6.45) is 3.86. The van der Waals surface area contributed by atoms with Gasteiger partial charge in [0.15, 0.2) is 0 Å². The Hall–Kier alpha value is -3.17. The maximum Gasteiger partial charge on any atom is 0.253 e. The number of nitrogens with zero attached hydrogens (tertiary/aromatic N) is 2. The molecule has 4 rings (SSSR count). The van der Waals surface area contributed by atoms with Gasteiger partial charge in [0.2, 0.25) is 5.91 Å². The number of ether oxygens (including phenoxy) is 1. The summed E-state index contributed by atoms with van der Waals surface area (Å²) in [7, 11) is 0. The van der Waals surface area contributed by atoms with Gasteiger partial charge in [-0.25, -0.2) is 0 Å². The molecule has 1 aromatic carbocycles. The number of hydrogen-bond donors (Lipinski definition) is 3. The maximum atomic E-state index is 13.5. The number of amides is 2. The topological polar surface area (TPSA) is 107 Å². The van der Waals surface area contributed by atoms with Crippen LogP contribution in [0.4, 0.5) is 11.4 Å². The van der Waals surface area contributed by atoms with E-state index in [1.54, 1.807) is 4.90 Å². The van der Waals surface area contributed by atoms with E-state index in [2.05, 4.69) is 20.5 Å². The lowest BCUT2D eigenvalue weighted by atomic mass is 10.0. The van der Waals surface area contributed by atoms with Gasteiger partial charge in [-0.1, -0.05) is 0 Å². The van der Waals surface area contributed by atoms with Crippen LogP contribution in [0, 0.1) is 26.7 Å². The number of hydrogen-bond acceptors (Lipinski definition) is 6. The fourth-order valence-electron chi connectivity index (χ4n) is 5.23. The van der Waals surface area contributed by atoms with Gasteiger partial charge < -0.3 is 30.2 Å². The van der Waals surface area contributed by atoms with Gasteiger partial charge in [0.1, 0.15) is 0 Å². The SMILES string of the molecule is CCN(C(=O)C1CC1)c1cc(NCCCN2CCCOCC2)cc(C(=O)NCc2c(C)cc(C)[nH]c2=O)c1C. The molecule has 0 radical (unpaired) electrons. The van der Waals surface area contributed by atoms with Crippen LogP contribution in [0.5, 0.6) is 0 Å². The number of carbonyl (C=O) groups is 2. The van der Waals surface area contributed by atoms with Crippen LogP contribution in [0.15, 0.2) is 23.0 Å². The number of aryl methyl sites for hydroxylation is 2. The second kappa shape index (κ2) is 13.3. The Morgan fingerprint density at radius 3 is 2.64 bits per heavy atom. The lowest BCUT2D eigenvalue weighted by molar-refractivity contribution is -0.119. The summed E-state index contributed by atoms with van der Waals surface area (Å²) in [5.41, 5.74) is 4.81. The van der Waals surface area contributed by atoms with Gasteiger partial charge >= 0.3 is 0 Å². The molecule has 9 nitrogen and oxygen atoms in total. The maximum absolute atomic E-state index is 13.5. The fraction of sp³-hybridized carbons (Fsp3) is 0.567. The quantitative estimate of drug-likeness (QED) is 0.379. The lowest BCUT2D eigenvalue weighted by Crippen LogP contribution is -2.34. The molecule has 1 saturated carbocycles. The molecular formula is C30H43N5O4. The van der Waals surface area contributed by atoms with Crippen molar-refractivity contribution in [2.24, 2.45) is 5.92 Å². The van der Waals surface area contributed by atoms with Crippen molar-refractivity contribution >= 4 is 23.2 Å². The number of aromatic amines is 1. The Balaban J connectivity index is 1.52. The Morgan fingerprint density at radius 1 is 1.13 bits per heavy atom. The van der Waals surface area contributed by atoms with E-state index in [0.29, 0.717) is 17.7 Å². The minimum Gasteiger partial charge on any atom is -0.385 e. The molecule has 2 aromatic rings. The predicted molar refractivity (Wildman–Crippen MR) is 155 cm³/mol. The van der Waals surface area contributed by atoms with Gasteiger partial charge in [-0.15, -0.1) is 0 Å². The molecule has 39 heavy (non-hydrogen) atoms. The third kappa shape index (κ3) is 7.48. The molecule has 0 unspecified atom stereocenters. The number of carbonyl (C=O) groups excluding carboxylic acids is 2. The molecule has 0 bridgehead atoms. The number of rotatable bonds is 11. The smallest absolute Gasteiger partial charge is 0.253 e. The molecule has 0 spiro atoms. The van der Waals surface area contributed by atoms with Crippen LogP contribution in [0.3, 0.4) is 0 Å². The van der Waals surface area contributed by atoms with Crippen LogP contribution in [0.25, 0.3) is 0 Å². The van der Waals surface area contributed by atoms with Crippen LogP contribution in [-0.4, -0.2) is 67.6 Å². The van der Waals surface area contributed by atoms with Crippen LogP contribution >= 0.6 is 0 Å². The number of nitrogens with one attached hydrogen (secondary N) is 3. The summed E-state index contributed by atoms with van der Waals surface area (Å²) in [5.74, 6) is -0.0716. The molecular weight excluding hydrogens is 494 g/mol. The summed E-state index contributed by atoms with van der Waals surface area (Å²) in [5, 5.41) is 6.43. The first-order chi connectivity index (χ1) is 18.8. The molecule has 2 amide bonds. The van der Waals surface area contributed by atoms with E-state index >= 15 is 0 Å². The van der Waals surface area contributed by atoms with E-state index in [9.17, 15) is 14.4 Å². The zero-order chi connectivity index (χ0) is 27.9. The van der Waals surface area contributed by atoms with E-state index in [4.69, 9.17) is 4.74 Å². The first kappa shape index (κ1) is 28.8. The molecule has 1 aliphatic carbocycles. The minimum absolute atomic E-state index is 0.0760. The average molecular weight is 538 g/mol. The van der Waals surface area contributed by atoms with Crippen molar-refractivity contribution < 1.29 is 14.3 Å². The predicted octanol–water partition coefficient (Wildman–Crippen LogP) is 3.52. The molecule has 2 fully saturated rings. The van der Waals surface area contributed by atoms with Crippen LogP contribution in [0.1, 0.15) is 65.3 Å². The molecule has 212 valence electrons. The molecule has 2 heterocycles. The van der Waals surface area contributed by atoms with Gasteiger partial charge in [0.25, 0.3) is 11.5 Å². The van der Waals surface area contributed by atoms with Crippen molar-refractivity contribution in [3.8, 4) is 0 Å². The Labute approximate surface area is 231 Å². The summed E-state index contributed by atoms with van der Waals surface area (Å²) in [6, 6.07) is 5.75. The number of benzene rings is 1. The van der Waals surface area contributed by atoms with Crippen molar-refractivity contribution in [1.29, 1.82) is 0 Å². The average Bonchev–Trinajstić information content (AvgIpc) is 3.76. The van der Waals surface area contributed by atoms with Crippen molar-refractivity contribution in [3.63, 3.8) is 0 Å². The molecule has 9 heteroatoms. The normalized spacial score (nSPS) is 16.0. The molecule has 1 saturated heterocycles. The Morgan fingerprint density at radius 2 is 1.92 bits per heavy atom. The molecule has 2 aliphatic rings. The minimum atomic E-state index is -0.267. The third-order valence-electron chi connectivity index (χ3n) is 7.64. The van der Waals surface area contributed by atoms with Crippen molar-refractivity contribution in [2.45, 2.75) is 59.9 Å². The Bertz CT molecular complexity index is 1230. The highest BCUT2D eigenvalue weighted by atomic mass is 16.5. The second-order valence-electron chi connectivity index (χ2n) is 10.7. The van der Waals surface area contributed by atoms with Gasteiger partial charge in [-0.05, 0) is 89.2 Å². The monoisotopic (exact) mass is 537 g/mol. The van der Waals surface area contributed by atoms with Crippen LogP contribution in [0.2, 0.25) is 0 Å². The van der Waals surface area contributed by atoms with Gasteiger partial charge in [0, 0.05) is 73.4 Å². The number of aromatic nitrogens is 1. The highest BCUT2D eigenvalue weighted by Gasteiger charge is 2.34. The summed E-state index contributed by atoms with van der Waals surface area (Å²) in [4.78, 5) is 46.1. The molecule has 3 N–H and O–H groups in total. The fourth-order valence-corrected chi connectivity index (χ4v) is 5.23. The van der Waals surface area contributed by atoms with Crippen molar-refractivity contribution in [2.75, 3.05) is 56.2 Å². The van der Waals surface area contributed by atoms with E-state index in [0.717, 1.165) is 93.3 Å². The molecule has 1 aromatic heterocycles. The van der Waals surface area contributed by atoms with Gasteiger partial charge in [0.05, 0.1) is 6.61 Å². The lowest BCUT2D eigenvalue weighted by Gasteiger charge is -2.26. The van der Waals surface area contributed by atoms with Crippen molar-refractivity contribution in [1.82, 2.24) is 15.2 Å². The number of pyridine rings is 1. The summed E-state index contributed by atoms with van der Waals surface area (Å²) >= 11 is 0. The van der Waals surface area contributed by atoms with Gasteiger partial charge in [-0.2, -0.15) is 0 Å². The van der Waals surface area contributed by atoms with E-state index in [1.165, 1.54) is 0 Å². The summed E-state index contributed by atoms with van der Waals surface area (Å²) in [6.45, 7) is 13.6. The largest absolute Gasteiger partial charge is 0.385 e. The van der Waals surface area contributed by atoms with Crippen LogP contribution < -0.4 is 21.1 Å². The van der Waals surface area contributed by atoms with E-state index < -0.39 is 0 Å². The first-order valence-corrected chi connectivity index (χ1v) is 14.3. The zero-order valence-corrected chi connectivity index (χ0v) is 23.8. The standard InChI is InChI=1S/C30H43N5O4/c1-5-35(30(38)23-8-9-23)27-18-24(31-10-6-11-34-12-7-14-39-15-13-34)17-25(22(27)4)28(36)32-19-26-20(2)16-21(3)33-29(26)37/h16-18,23,31H,5-15,19H2,1-4H3,(H,32,36)(H,33,37). The molecule has 1 aliphatic heterocycles. The number of H-pyrrole nitrogens is 1. The first-order valence-electron chi connectivity index (χ1n) is 14.3. The van der Waals surface area contributed by atoms with E-state index in [1.807, 2.05) is 45.9 Å². The van der Waals surface area contributed by atoms with E-state index in [-0.39, 0.29) is 29.8 Å². The third-order valence-corrected chi connectivity index (χ3v) is 7.64. The summed E-state index contributed by atoms with van der Waals surface area (Å²) < 4.78 is 5.55.